The number of carbonyl (C=O) groups is 2. The number of nitrogens with zero attached hydrogens (tertiary/aromatic N) is 1. The number of amides is 3. The van der Waals surface area contributed by atoms with Crippen molar-refractivity contribution in [1.29, 1.82) is 0 Å². The summed E-state index contributed by atoms with van der Waals surface area (Å²) in [4.78, 5) is 26.4. The maximum atomic E-state index is 11.7. The Kier molecular flexibility index (Phi) is 5.82. The highest BCUT2D eigenvalue weighted by atomic mass is 16.5. The molecule has 0 spiro atoms. The minimum atomic E-state index is -0.503. The number of ether oxygens (including phenoxy) is 1. The van der Waals surface area contributed by atoms with Crippen molar-refractivity contribution in [3.63, 3.8) is 0 Å². The van der Waals surface area contributed by atoms with Gasteiger partial charge in [0, 0.05) is 7.05 Å². The predicted octanol–water partition coefficient (Wildman–Crippen LogP) is -0.123. The number of hydrogen-bond donors (Lipinski definition) is 4. The minimum absolute atomic E-state index is 0.139. The van der Waals surface area contributed by atoms with Gasteiger partial charge >= 0.3 is 6.03 Å². The van der Waals surface area contributed by atoms with Crippen LogP contribution in [0.15, 0.2) is 29.3 Å². The summed E-state index contributed by atoms with van der Waals surface area (Å²) in [7, 11) is 2.95. The first-order valence-corrected chi connectivity index (χ1v) is 5.78. The van der Waals surface area contributed by atoms with Crippen LogP contribution in [0.1, 0.15) is 0 Å². The largest absolute Gasteiger partial charge is 0.495 e. The van der Waals surface area contributed by atoms with E-state index >= 15 is 0 Å². The molecule has 0 radical (unpaired) electrons. The van der Waals surface area contributed by atoms with Crippen LogP contribution in [0.3, 0.4) is 0 Å². The number of aliphatic imine (C=N–C) groups is 1. The summed E-state index contributed by atoms with van der Waals surface area (Å²) in [5.74, 6) is 0.0250. The Morgan fingerprint density at radius 3 is 2.70 bits per heavy atom. The molecular formula is C12H17N5O3. The van der Waals surface area contributed by atoms with Crippen molar-refractivity contribution in [2.24, 2.45) is 10.7 Å². The molecule has 1 aromatic rings. The standard InChI is InChI=1S/C12H17N5O3/c1-14-12(19)17-11(13)15-7-10(18)16-8-5-3-4-6-9(8)20-2/h3-6H,7H2,1-2H3,(H,16,18)(H4,13,14,15,17,19). The monoisotopic (exact) mass is 279 g/mol. The highest BCUT2D eigenvalue weighted by molar-refractivity contribution is 5.98. The number of methoxy groups -OCH3 is 1. The van der Waals surface area contributed by atoms with Crippen LogP contribution in [-0.2, 0) is 4.79 Å². The van der Waals surface area contributed by atoms with E-state index in [1.54, 1.807) is 24.3 Å². The molecule has 0 saturated heterocycles. The van der Waals surface area contributed by atoms with Crippen LogP contribution >= 0.6 is 0 Å². The second-order valence-corrected chi connectivity index (χ2v) is 3.65. The fourth-order valence-corrected chi connectivity index (χ4v) is 1.31. The van der Waals surface area contributed by atoms with Gasteiger partial charge in [-0.15, -0.1) is 0 Å². The van der Waals surface area contributed by atoms with Gasteiger partial charge in [-0.05, 0) is 12.1 Å². The zero-order valence-corrected chi connectivity index (χ0v) is 11.3. The van der Waals surface area contributed by atoms with E-state index in [-0.39, 0.29) is 18.4 Å². The second kappa shape index (κ2) is 7.62. The SMILES string of the molecule is CNC(=O)NC(N)=NCC(=O)Nc1ccccc1OC. The molecule has 1 aromatic carbocycles. The Morgan fingerprint density at radius 1 is 1.35 bits per heavy atom. The summed E-state index contributed by atoms with van der Waals surface area (Å²) in [5, 5.41) is 7.18. The molecule has 0 saturated carbocycles. The third kappa shape index (κ3) is 4.84. The summed E-state index contributed by atoms with van der Waals surface area (Å²) in [6.45, 7) is -0.214. The van der Waals surface area contributed by atoms with Gasteiger partial charge in [-0.3, -0.25) is 10.1 Å². The smallest absolute Gasteiger partial charge is 0.321 e. The van der Waals surface area contributed by atoms with E-state index in [0.29, 0.717) is 11.4 Å². The molecule has 108 valence electrons. The zero-order valence-electron chi connectivity index (χ0n) is 11.3. The lowest BCUT2D eigenvalue weighted by atomic mass is 10.3. The van der Waals surface area contributed by atoms with Gasteiger partial charge < -0.3 is 21.1 Å². The number of hydrogen-bond acceptors (Lipinski definition) is 4. The number of para-hydroxylation sites is 2. The number of carbonyl (C=O) groups excluding carboxylic acids is 2. The van der Waals surface area contributed by atoms with Crippen molar-refractivity contribution < 1.29 is 14.3 Å². The summed E-state index contributed by atoms with van der Waals surface area (Å²) >= 11 is 0. The van der Waals surface area contributed by atoms with Crippen molar-refractivity contribution in [3.05, 3.63) is 24.3 Å². The molecule has 0 aliphatic rings. The molecule has 0 atom stereocenters. The number of anilines is 1. The zero-order chi connectivity index (χ0) is 15.0. The molecule has 0 aliphatic carbocycles. The molecule has 0 fully saturated rings. The molecule has 8 heteroatoms. The summed E-state index contributed by atoms with van der Waals surface area (Å²) < 4.78 is 5.10. The van der Waals surface area contributed by atoms with Crippen molar-refractivity contribution in [1.82, 2.24) is 10.6 Å². The van der Waals surface area contributed by atoms with E-state index in [4.69, 9.17) is 10.5 Å². The average Bonchev–Trinajstić information content (AvgIpc) is 2.45. The second-order valence-electron chi connectivity index (χ2n) is 3.65. The van der Waals surface area contributed by atoms with Crippen molar-refractivity contribution in [3.8, 4) is 5.75 Å². The molecule has 0 bridgehead atoms. The number of urea groups is 1. The van der Waals surface area contributed by atoms with Crippen LogP contribution < -0.4 is 26.4 Å². The quantitative estimate of drug-likeness (QED) is 0.454. The normalized spacial score (nSPS) is 10.6. The molecule has 0 aliphatic heterocycles. The minimum Gasteiger partial charge on any atom is -0.495 e. The van der Waals surface area contributed by atoms with Crippen LogP contribution in [0.2, 0.25) is 0 Å². The highest BCUT2D eigenvalue weighted by Gasteiger charge is 2.06. The van der Waals surface area contributed by atoms with Crippen LogP contribution in [0.5, 0.6) is 5.75 Å². The lowest BCUT2D eigenvalue weighted by Gasteiger charge is -2.09. The average molecular weight is 279 g/mol. The molecule has 0 aromatic heterocycles. The van der Waals surface area contributed by atoms with Gasteiger partial charge in [0.1, 0.15) is 12.3 Å². The first-order chi connectivity index (χ1) is 9.56. The predicted molar refractivity (Wildman–Crippen MR) is 75.7 cm³/mol. The number of guanidine groups is 1. The Balaban J connectivity index is 2.55. The van der Waals surface area contributed by atoms with Gasteiger partial charge in [-0.25, -0.2) is 9.79 Å². The molecule has 0 heterocycles. The fourth-order valence-electron chi connectivity index (χ4n) is 1.31. The lowest BCUT2D eigenvalue weighted by molar-refractivity contribution is -0.114. The fraction of sp³-hybridized carbons (Fsp3) is 0.250. The highest BCUT2D eigenvalue weighted by Crippen LogP contribution is 2.22. The number of benzene rings is 1. The van der Waals surface area contributed by atoms with Crippen molar-refractivity contribution >= 4 is 23.6 Å². The Labute approximate surface area is 116 Å². The maximum absolute atomic E-state index is 11.7. The van der Waals surface area contributed by atoms with Gasteiger partial charge in [0.15, 0.2) is 5.96 Å². The van der Waals surface area contributed by atoms with Gasteiger partial charge in [0.05, 0.1) is 12.8 Å². The summed E-state index contributed by atoms with van der Waals surface area (Å²) in [6, 6.07) is 6.48. The molecule has 8 nitrogen and oxygen atoms in total. The molecule has 5 N–H and O–H groups in total. The van der Waals surface area contributed by atoms with Gasteiger partial charge in [0.25, 0.3) is 0 Å². The Morgan fingerprint density at radius 2 is 2.05 bits per heavy atom. The number of rotatable bonds is 4. The molecule has 0 unspecified atom stereocenters. The Bertz CT molecular complexity index is 516. The van der Waals surface area contributed by atoms with E-state index < -0.39 is 6.03 Å². The molecule has 3 amide bonds. The van der Waals surface area contributed by atoms with Gasteiger partial charge in [0.2, 0.25) is 5.91 Å². The third-order valence-corrected chi connectivity index (χ3v) is 2.24. The number of nitrogens with one attached hydrogen (secondary N) is 3. The lowest BCUT2D eigenvalue weighted by Crippen LogP contribution is -2.42. The van der Waals surface area contributed by atoms with Crippen LogP contribution in [-0.4, -0.2) is 38.6 Å². The van der Waals surface area contributed by atoms with E-state index in [0.717, 1.165) is 0 Å². The van der Waals surface area contributed by atoms with Gasteiger partial charge in [-0.2, -0.15) is 0 Å². The Hall–Kier alpha value is -2.77. The van der Waals surface area contributed by atoms with E-state index in [1.165, 1.54) is 14.2 Å². The first-order valence-electron chi connectivity index (χ1n) is 5.78. The van der Waals surface area contributed by atoms with E-state index in [2.05, 4.69) is 20.9 Å². The first kappa shape index (κ1) is 15.3. The van der Waals surface area contributed by atoms with Crippen LogP contribution in [0, 0.1) is 0 Å². The summed E-state index contributed by atoms with van der Waals surface area (Å²) in [6.07, 6.45) is 0. The summed E-state index contributed by atoms with van der Waals surface area (Å²) in [5.41, 5.74) is 5.96. The topological polar surface area (TPSA) is 118 Å². The van der Waals surface area contributed by atoms with Crippen molar-refractivity contribution in [2.75, 3.05) is 26.0 Å². The van der Waals surface area contributed by atoms with Gasteiger partial charge in [-0.1, -0.05) is 12.1 Å². The van der Waals surface area contributed by atoms with Crippen molar-refractivity contribution in [2.45, 2.75) is 0 Å². The third-order valence-electron chi connectivity index (χ3n) is 2.24. The van der Waals surface area contributed by atoms with E-state index in [1.807, 2.05) is 0 Å². The maximum Gasteiger partial charge on any atom is 0.321 e. The van der Waals surface area contributed by atoms with Crippen LogP contribution in [0.4, 0.5) is 10.5 Å². The van der Waals surface area contributed by atoms with E-state index in [9.17, 15) is 9.59 Å². The molecule has 20 heavy (non-hydrogen) atoms. The molecular weight excluding hydrogens is 262 g/mol. The number of nitrogens with two attached hydrogens (primary N) is 1. The van der Waals surface area contributed by atoms with Crippen LogP contribution in [0.25, 0.3) is 0 Å². The molecule has 1 rings (SSSR count).